The molecular weight excluding hydrogens is 404 g/mol. The molecule has 0 atom stereocenters. The SMILES string of the molecule is CCOc1ccccc1CNC(=O)c1ccc(NC(=O)c2nnc(COC)s2)cc1. The van der Waals surface area contributed by atoms with Gasteiger partial charge in [0.2, 0.25) is 5.01 Å². The van der Waals surface area contributed by atoms with Gasteiger partial charge in [-0.2, -0.15) is 0 Å². The molecule has 1 heterocycles. The van der Waals surface area contributed by atoms with Crippen LogP contribution in [-0.4, -0.2) is 35.7 Å². The number of ether oxygens (including phenoxy) is 2. The molecule has 0 aliphatic carbocycles. The van der Waals surface area contributed by atoms with Crippen LogP contribution in [0.4, 0.5) is 5.69 Å². The number of anilines is 1. The van der Waals surface area contributed by atoms with Gasteiger partial charge in [0, 0.05) is 30.5 Å². The summed E-state index contributed by atoms with van der Waals surface area (Å²) in [6, 6.07) is 14.2. The number of amides is 2. The Morgan fingerprint density at radius 2 is 1.80 bits per heavy atom. The summed E-state index contributed by atoms with van der Waals surface area (Å²) >= 11 is 1.17. The van der Waals surface area contributed by atoms with Crippen LogP contribution in [0.2, 0.25) is 0 Å². The molecule has 0 aliphatic heterocycles. The Labute approximate surface area is 178 Å². The first-order valence-corrected chi connectivity index (χ1v) is 10.1. The number of para-hydroxylation sites is 1. The number of hydrogen-bond acceptors (Lipinski definition) is 7. The van der Waals surface area contributed by atoms with Crippen molar-refractivity contribution in [2.24, 2.45) is 0 Å². The van der Waals surface area contributed by atoms with Gasteiger partial charge in [0.05, 0.1) is 13.2 Å². The third-order valence-corrected chi connectivity index (χ3v) is 4.94. The van der Waals surface area contributed by atoms with Crippen molar-refractivity contribution in [1.29, 1.82) is 0 Å². The van der Waals surface area contributed by atoms with Gasteiger partial charge in [-0.25, -0.2) is 0 Å². The second-order valence-corrected chi connectivity index (χ2v) is 7.25. The molecule has 0 saturated carbocycles. The number of rotatable bonds is 9. The number of nitrogens with one attached hydrogen (secondary N) is 2. The van der Waals surface area contributed by atoms with Gasteiger partial charge in [-0.1, -0.05) is 29.5 Å². The number of nitrogens with zero attached hydrogens (tertiary/aromatic N) is 2. The molecule has 0 aliphatic rings. The summed E-state index contributed by atoms with van der Waals surface area (Å²) in [5.74, 6) is 0.177. The molecule has 0 unspecified atom stereocenters. The summed E-state index contributed by atoms with van der Waals surface area (Å²) in [5.41, 5.74) is 1.95. The zero-order valence-corrected chi connectivity index (χ0v) is 17.5. The highest BCUT2D eigenvalue weighted by Gasteiger charge is 2.14. The van der Waals surface area contributed by atoms with Gasteiger partial charge in [0.15, 0.2) is 0 Å². The lowest BCUT2D eigenvalue weighted by Gasteiger charge is -2.11. The van der Waals surface area contributed by atoms with Crippen molar-refractivity contribution in [3.05, 3.63) is 69.7 Å². The molecule has 1 aromatic heterocycles. The molecule has 2 amide bonds. The second-order valence-electron chi connectivity index (χ2n) is 6.19. The van der Waals surface area contributed by atoms with E-state index < -0.39 is 0 Å². The number of aromatic nitrogens is 2. The Balaban J connectivity index is 1.57. The van der Waals surface area contributed by atoms with E-state index in [4.69, 9.17) is 9.47 Å². The Bertz CT molecular complexity index is 1000. The van der Waals surface area contributed by atoms with E-state index in [0.717, 1.165) is 11.3 Å². The minimum Gasteiger partial charge on any atom is -0.494 e. The Hall–Kier alpha value is -3.30. The lowest BCUT2D eigenvalue weighted by Crippen LogP contribution is -2.23. The van der Waals surface area contributed by atoms with Crippen molar-refractivity contribution in [2.45, 2.75) is 20.1 Å². The van der Waals surface area contributed by atoms with Crippen LogP contribution in [0.25, 0.3) is 0 Å². The molecule has 2 aromatic carbocycles. The lowest BCUT2D eigenvalue weighted by molar-refractivity contribution is 0.0950. The van der Waals surface area contributed by atoms with Crippen LogP contribution in [-0.2, 0) is 17.9 Å². The predicted molar refractivity (Wildman–Crippen MR) is 114 cm³/mol. The van der Waals surface area contributed by atoms with Crippen molar-refractivity contribution in [1.82, 2.24) is 15.5 Å². The molecule has 3 aromatic rings. The van der Waals surface area contributed by atoms with E-state index in [2.05, 4.69) is 20.8 Å². The monoisotopic (exact) mass is 426 g/mol. The first-order valence-electron chi connectivity index (χ1n) is 9.32. The molecule has 0 saturated heterocycles. The van der Waals surface area contributed by atoms with Crippen LogP contribution in [0.1, 0.15) is 37.7 Å². The molecule has 156 valence electrons. The van der Waals surface area contributed by atoms with Gasteiger partial charge in [0.1, 0.15) is 10.8 Å². The van der Waals surface area contributed by atoms with Gasteiger partial charge in [-0.15, -0.1) is 10.2 Å². The van der Waals surface area contributed by atoms with Crippen LogP contribution in [0.15, 0.2) is 48.5 Å². The normalized spacial score (nSPS) is 10.5. The molecule has 9 heteroatoms. The summed E-state index contributed by atoms with van der Waals surface area (Å²) < 4.78 is 10.5. The molecule has 0 fully saturated rings. The van der Waals surface area contributed by atoms with E-state index >= 15 is 0 Å². The lowest BCUT2D eigenvalue weighted by atomic mass is 10.1. The van der Waals surface area contributed by atoms with E-state index in [0.29, 0.717) is 36.0 Å². The van der Waals surface area contributed by atoms with Crippen molar-refractivity contribution < 1.29 is 19.1 Å². The van der Waals surface area contributed by atoms with Crippen LogP contribution >= 0.6 is 11.3 Å². The van der Waals surface area contributed by atoms with Gasteiger partial charge >= 0.3 is 0 Å². The van der Waals surface area contributed by atoms with Crippen molar-refractivity contribution >= 4 is 28.8 Å². The van der Waals surface area contributed by atoms with E-state index in [-0.39, 0.29) is 16.8 Å². The van der Waals surface area contributed by atoms with Crippen molar-refractivity contribution in [3.63, 3.8) is 0 Å². The molecule has 3 rings (SSSR count). The molecule has 0 spiro atoms. The van der Waals surface area contributed by atoms with Crippen LogP contribution in [0.3, 0.4) is 0 Å². The maximum absolute atomic E-state index is 12.4. The van der Waals surface area contributed by atoms with Crippen molar-refractivity contribution in [3.8, 4) is 5.75 Å². The summed E-state index contributed by atoms with van der Waals surface area (Å²) in [4.78, 5) is 24.7. The summed E-state index contributed by atoms with van der Waals surface area (Å²) in [5, 5.41) is 14.2. The number of methoxy groups -OCH3 is 1. The fourth-order valence-electron chi connectivity index (χ4n) is 2.64. The highest BCUT2D eigenvalue weighted by atomic mass is 32.1. The van der Waals surface area contributed by atoms with Gasteiger partial charge in [-0.05, 0) is 37.3 Å². The Morgan fingerprint density at radius 1 is 1.03 bits per heavy atom. The molecular formula is C21H22N4O4S. The fourth-order valence-corrected chi connectivity index (χ4v) is 3.35. The van der Waals surface area contributed by atoms with Gasteiger partial charge < -0.3 is 20.1 Å². The largest absolute Gasteiger partial charge is 0.494 e. The highest BCUT2D eigenvalue weighted by molar-refractivity contribution is 7.13. The molecule has 0 bridgehead atoms. The average molecular weight is 426 g/mol. The number of carbonyl (C=O) groups excluding carboxylic acids is 2. The van der Waals surface area contributed by atoms with Gasteiger partial charge in [0.25, 0.3) is 11.8 Å². The standard InChI is InChI=1S/C21H22N4O4S/c1-3-29-17-7-5-4-6-15(17)12-22-19(26)14-8-10-16(11-9-14)23-20(27)21-25-24-18(30-21)13-28-2/h4-11H,3,12-13H2,1-2H3,(H,22,26)(H,23,27). The molecule has 8 nitrogen and oxygen atoms in total. The zero-order chi connectivity index (χ0) is 21.3. The number of hydrogen-bond donors (Lipinski definition) is 2. The fraction of sp³-hybridized carbons (Fsp3) is 0.238. The third kappa shape index (κ3) is 5.62. The van der Waals surface area contributed by atoms with E-state index in [9.17, 15) is 9.59 Å². The average Bonchev–Trinajstić information content (AvgIpc) is 3.23. The summed E-state index contributed by atoms with van der Waals surface area (Å²) in [6.45, 7) is 3.14. The first kappa shape index (κ1) is 21.4. The Kier molecular flexibility index (Phi) is 7.47. The second kappa shape index (κ2) is 10.5. The summed E-state index contributed by atoms with van der Waals surface area (Å²) in [7, 11) is 1.55. The third-order valence-electron chi connectivity index (χ3n) is 4.05. The topological polar surface area (TPSA) is 102 Å². The Morgan fingerprint density at radius 3 is 2.53 bits per heavy atom. The van der Waals surface area contributed by atoms with Crippen LogP contribution in [0.5, 0.6) is 5.75 Å². The van der Waals surface area contributed by atoms with Crippen LogP contribution < -0.4 is 15.4 Å². The predicted octanol–water partition coefficient (Wildman–Crippen LogP) is 3.27. The quantitative estimate of drug-likeness (QED) is 0.544. The van der Waals surface area contributed by atoms with Crippen molar-refractivity contribution in [2.75, 3.05) is 19.0 Å². The maximum Gasteiger partial charge on any atom is 0.286 e. The smallest absolute Gasteiger partial charge is 0.286 e. The maximum atomic E-state index is 12.4. The molecule has 30 heavy (non-hydrogen) atoms. The first-order chi connectivity index (χ1) is 14.6. The van der Waals surface area contributed by atoms with E-state index in [1.807, 2.05) is 31.2 Å². The van der Waals surface area contributed by atoms with E-state index in [1.165, 1.54) is 11.3 Å². The highest BCUT2D eigenvalue weighted by Crippen LogP contribution is 2.18. The van der Waals surface area contributed by atoms with Crippen LogP contribution in [0, 0.1) is 0 Å². The zero-order valence-electron chi connectivity index (χ0n) is 16.7. The molecule has 2 N–H and O–H groups in total. The molecule has 0 radical (unpaired) electrons. The van der Waals surface area contributed by atoms with Gasteiger partial charge in [-0.3, -0.25) is 9.59 Å². The summed E-state index contributed by atoms with van der Waals surface area (Å²) in [6.07, 6.45) is 0. The minimum atomic E-state index is -0.361. The number of benzene rings is 2. The van der Waals surface area contributed by atoms with E-state index in [1.54, 1.807) is 31.4 Å². The minimum absolute atomic E-state index is 0.215. The number of carbonyl (C=O) groups is 2.